The van der Waals surface area contributed by atoms with E-state index in [0.29, 0.717) is 25.4 Å². The number of rotatable bonds is 6. The molecule has 0 aromatic heterocycles. The van der Waals surface area contributed by atoms with Crippen molar-refractivity contribution in [3.05, 3.63) is 0 Å². The van der Waals surface area contributed by atoms with Gasteiger partial charge in [0.05, 0.1) is 6.26 Å². The minimum absolute atomic E-state index is 0.443. The third-order valence-electron chi connectivity index (χ3n) is 3.25. The summed E-state index contributed by atoms with van der Waals surface area (Å²) in [5.74, 6) is 1.66. The molecule has 1 unspecified atom stereocenters. The van der Waals surface area contributed by atoms with Crippen molar-refractivity contribution in [1.82, 2.24) is 14.9 Å². The van der Waals surface area contributed by atoms with Gasteiger partial charge in [-0.15, -0.1) is 0 Å². The monoisotopic (exact) mass is 304 g/mol. The number of nitrogens with one attached hydrogen (secondary N) is 2. The minimum atomic E-state index is -3.09. The van der Waals surface area contributed by atoms with Gasteiger partial charge in [-0.3, -0.25) is 4.99 Å². The molecule has 118 valence electrons. The van der Waals surface area contributed by atoms with Gasteiger partial charge in [-0.2, -0.15) is 0 Å². The molecule has 0 saturated carbocycles. The summed E-state index contributed by atoms with van der Waals surface area (Å²) in [4.78, 5) is 6.89. The summed E-state index contributed by atoms with van der Waals surface area (Å²) in [5.41, 5.74) is 0. The van der Waals surface area contributed by atoms with Gasteiger partial charge in [-0.1, -0.05) is 6.92 Å². The Morgan fingerprint density at radius 1 is 1.45 bits per heavy atom. The molecule has 1 atom stereocenters. The van der Waals surface area contributed by atoms with Crippen molar-refractivity contribution in [3.8, 4) is 0 Å². The molecule has 0 radical (unpaired) electrons. The van der Waals surface area contributed by atoms with E-state index in [9.17, 15) is 8.42 Å². The summed E-state index contributed by atoms with van der Waals surface area (Å²) in [6.07, 6.45) is 4.39. The molecule has 6 nitrogen and oxygen atoms in total. The van der Waals surface area contributed by atoms with Gasteiger partial charge in [0.25, 0.3) is 0 Å². The molecule has 1 saturated heterocycles. The minimum Gasteiger partial charge on any atom is -0.357 e. The van der Waals surface area contributed by atoms with Crippen LogP contribution < -0.4 is 10.0 Å². The Bertz CT molecular complexity index is 409. The Morgan fingerprint density at radius 2 is 2.20 bits per heavy atom. The number of sulfonamides is 1. The lowest BCUT2D eigenvalue weighted by molar-refractivity contribution is 0.266. The molecule has 0 aliphatic carbocycles. The third kappa shape index (κ3) is 7.09. The van der Waals surface area contributed by atoms with Crippen molar-refractivity contribution in [2.24, 2.45) is 10.9 Å². The fourth-order valence-corrected chi connectivity index (χ4v) is 2.84. The summed E-state index contributed by atoms with van der Waals surface area (Å²) in [6.45, 7) is 8.37. The smallest absolute Gasteiger partial charge is 0.208 e. The summed E-state index contributed by atoms with van der Waals surface area (Å²) >= 11 is 0. The maximum absolute atomic E-state index is 10.9. The zero-order valence-electron chi connectivity index (χ0n) is 12.9. The first kappa shape index (κ1) is 17.2. The number of nitrogens with zero attached hydrogens (tertiary/aromatic N) is 2. The van der Waals surface area contributed by atoms with Crippen LogP contribution in [0.1, 0.15) is 33.1 Å². The molecule has 20 heavy (non-hydrogen) atoms. The Kier molecular flexibility index (Phi) is 7.29. The standard InChI is InChI=1S/C13H28N4O2S/c1-4-14-13(17-10-5-7-12(2)11-17)15-8-6-9-16-20(3,18)19/h12,16H,4-11H2,1-3H3,(H,14,15). The van der Waals surface area contributed by atoms with Gasteiger partial charge < -0.3 is 10.2 Å². The molecule has 0 amide bonds. The lowest BCUT2D eigenvalue weighted by atomic mass is 10.0. The van der Waals surface area contributed by atoms with Crippen LogP contribution in [0.4, 0.5) is 0 Å². The molecule has 7 heteroatoms. The van der Waals surface area contributed by atoms with Crippen molar-refractivity contribution in [2.45, 2.75) is 33.1 Å². The second-order valence-corrected chi connectivity index (χ2v) is 7.28. The van der Waals surface area contributed by atoms with E-state index in [-0.39, 0.29) is 0 Å². The molecule has 1 rings (SSSR count). The first-order valence-corrected chi connectivity index (χ1v) is 9.29. The average molecular weight is 304 g/mol. The number of aliphatic imine (C=N–C) groups is 1. The van der Waals surface area contributed by atoms with Crippen molar-refractivity contribution >= 4 is 16.0 Å². The molecule has 2 N–H and O–H groups in total. The first-order valence-electron chi connectivity index (χ1n) is 7.40. The molecule has 1 aliphatic rings. The molecule has 1 aliphatic heterocycles. The third-order valence-corrected chi connectivity index (χ3v) is 3.98. The Morgan fingerprint density at radius 3 is 2.80 bits per heavy atom. The van der Waals surface area contributed by atoms with Crippen LogP contribution in [-0.2, 0) is 10.0 Å². The molecular weight excluding hydrogens is 276 g/mol. The van der Waals surface area contributed by atoms with Crippen LogP contribution in [0.3, 0.4) is 0 Å². The second-order valence-electron chi connectivity index (χ2n) is 5.45. The number of piperidine rings is 1. The second kappa shape index (κ2) is 8.46. The molecular formula is C13H28N4O2S. The zero-order chi connectivity index (χ0) is 15.0. The molecule has 0 bridgehead atoms. The number of hydrogen-bond acceptors (Lipinski definition) is 3. The highest BCUT2D eigenvalue weighted by Crippen LogP contribution is 2.15. The van der Waals surface area contributed by atoms with Gasteiger partial charge >= 0.3 is 0 Å². The van der Waals surface area contributed by atoms with E-state index in [0.717, 1.165) is 25.6 Å². The van der Waals surface area contributed by atoms with Crippen LogP contribution in [0.2, 0.25) is 0 Å². The Balaban J connectivity index is 2.42. The van der Waals surface area contributed by atoms with Gasteiger partial charge in [0.1, 0.15) is 0 Å². The highest BCUT2D eigenvalue weighted by atomic mass is 32.2. The normalized spacial score (nSPS) is 21.1. The van der Waals surface area contributed by atoms with Crippen molar-refractivity contribution < 1.29 is 8.42 Å². The number of guanidine groups is 1. The fraction of sp³-hybridized carbons (Fsp3) is 0.923. The van der Waals surface area contributed by atoms with Crippen LogP contribution in [0.15, 0.2) is 4.99 Å². The van der Waals surface area contributed by atoms with E-state index in [1.165, 1.54) is 19.1 Å². The Hall–Kier alpha value is -0.820. The van der Waals surface area contributed by atoms with Gasteiger partial charge in [-0.25, -0.2) is 13.1 Å². The SMILES string of the molecule is CCNC(=NCCCNS(C)(=O)=O)N1CCCC(C)C1. The van der Waals surface area contributed by atoms with Crippen molar-refractivity contribution in [2.75, 3.05) is 39.0 Å². The van der Waals surface area contributed by atoms with E-state index in [4.69, 9.17) is 0 Å². The largest absolute Gasteiger partial charge is 0.357 e. The lowest BCUT2D eigenvalue weighted by Gasteiger charge is -2.33. The molecule has 0 aromatic carbocycles. The molecule has 1 fully saturated rings. The average Bonchev–Trinajstić information content (AvgIpc) is 2.36. The molecule has 0 aromatic rings. The zero-order valence-corrected chi connectivity index (χ0v) is 13.7. The van der Waals surface area contributed by atoms with Gasteiger partial charge in [-0.05, 0) is 32.1 Å². The summed E-state index contributed by atoms with van der Waals surface area (Å²) in [5, 5.41) is 3.32. The van der Waals surface area contributed by atoms with Crippen molar-refractivity contribution in [3.63, 3.8) is 0 Å². The maximum atomic E-state index is 10.9. The predicted molar refractivity (Wildman–Crippen MR) is 83.4 cm³/mol. The number of likely N-dealkylation sites (tertiary alicyclic amines) is 1. The fourth-order valence-electron chi connectivity index (χ4n) is 2.33. The van der Waals surface area contributed by atoms with Crippen LogP contribution in [0.5, 0.6) is 0 Å². The van der Waals surface area contributed by atoms with Crippen molar-refractivity contribution in [1.29, 1.82) is 0 Å². The highest BCUT2D eigenvalue weighted by Gasteiger charge is 2.18. The van der Waals surface area contributed by atoms with Crippen LogP contribution in [0.25, 0.3) is 0 Å². The summed E-state index contributed by atoms with van der Waals surface area (Å²) in [7, 11) is -3.09. The van der Waals surface area contributed by atoms with E-state index in [1.54, 1.807) is 0 Å². The van der Waals surface area contributed by atoms with Crippen LogP contribution >= 0.6 is 0 Å². The van der Waals surface area contributed by atoms with Gasteiger partial charge in [0.2, 0.25) is 10.0 Å². The summed E-state index contributed by atoms with van der Waals surface area (Å²) < 4.78 is 24.4. The lowest BCUT2D eigenvalue weighted by Crippen LogP contribution is -2.46. The topological polar surface area (TPSA) is 73.8 Å². The molecule has 1 heterocycles. The quantitative estimate of drug-likeness (QED) is 0.429. The van der Waals surface area contributed by atoms with Gasteiger partial charge in [0, 0.05) is 32.7 Å². The maximum Gasteiger partial charge on any atom is 0.208 e. The predicted octanol–water partition coefficient (Wildman–Crippen LogP) is 0.623. The van der Waals surface area contributed by atoms with E-state index in [1.807, 2.05) is 0 Å². The van der Waals surface area contributed by atoms with Crippen LogP contribution in [0, 0.1) is 5.92 Å². The number of hydrogen-bond donors (Lipinski definition) is 2. The highest BCUT2D eigenvalue weighted by molar-refractivity contribution is 7.88. The van der Waals surface area contributed by atoms with E-state index >= 15 is 0 Å². The Labute approximate surface area is 123 Å². The molecule has 0 spiro atoms. The van der Waals surface area contributed by atoms with E-state index in [2.05, 4.69) is 33.8 Å². The van der Waals surface area contributed by atoms with Crippen LogP contribution in [-0.4, -0.2) is 58.3 Å². The summed E-state index contributed by atoms with van der Waals surface area (Å²) in [6, 6.07) is 0. The van der Waals surface area contributed by atoms with E-state index < -0.39 is 10.0 Å². The first-order chi connectivity index (χ1) is 9.42. The van der Waals surface area contributed by atoms with Gasteiger partial charge in [0.15, 0.2) is 5.96 Å².